The molecule has 1 aromatic heterocycles. The second kappa shape index (κ2) is 11.0. The third-order valence-corrected chi connectivity index (χ3v) is 7.23. The van der Waals surface area contributed by atoms with Crippen LogP contribution in [0.3, 0.4) is 0 Å². The summed E-state index contributed by atoms with van der Waals surface area (Å²) in [5.74, 6) is -1.27. The van der Waals surface area contributed by atoms with Crippen molar-refractivity contribution in [3.63, 3.8) is 0 Å². The third-order valence-electron chi connectivity index (χ3n) is 7.23. The van der Waals surface area contributed by atoms with E-state index in [0.717, 1.165) is 13.1 Å². The number of hydrogen-bond donors (Lipinski definition) is 5. The Hall–Kier alpha value is -2.58. The highest BCUT2D eigenvalue weighted by Gasteiger charge is 2.52. The Labute approximate surface area is 213 Å². The lowest BCUT2D eigenvalue weighted by atomic mass is 9.83. The van der Waals surface area contributed by atoms with Crippen molar-refractivity contribution < 1.29 is 43.8 Å². The van der Waals surface area contributed by atoms with Crippen LogP contribution in [0.5, 0.6) is 5.75 Å². The molecule has 204 valence electrons. The molecule has 3 heterocycles. The van der Waals surface area contributed by atoms with E-state index in [2.05, 4.69) is 10.2 Å². The van der Waals surface area contributed by atoms with Crippen LogP contribution in [0, 0.1) is 6.92 Å². The summed E-state index contributed by atoms with van der Waals surface area (Å²) in [6, 6.07) is 2.99. The molecule has 1 amide bonds. The molecular formula is C25H34N2O10. The Morgan fingerprint density at radius 2 is 1.95 bits per heavy atom. The number of aliphatic hydroxyl groups is 3. The van der Waals surface area contributed by atoms with Crippen molar-refractivity contribution in [2.75, 3.05) is 53.1 Å². The first-order valence-electron chi connectivity index (χ1n) is 12.2. The number of aryl methyl sites for hydroxylation is 1. The standard InChI is InChI=1S/C25H34N2O10/c1-13-14(21-18(30)19(31)22(34-3)25(2,12-28)37-21)4-5-15-17(29)16(24(33)36-20(13)15)23(32)26-6-7-27-8-10-35-11-9-27/h4-5,18-19,21-22,28-31H,6-12H2,1-3H3,(H,26,32)/t18-,19-,21+,22-,25-/m1/s1. The molecule has 2 fully saturated rings. The molecule has 2 aliphatic heterocycles. The van der Waals surface area contributed by atoms with Gasteiger partial charge in [-0.05, 0) is 31.0 Å². The first-order chi connectivity index (χ1) is 17.6. The third kappa shape index (κ3) is 5.10. The van der Waals surface area contributed by atoms with Crippen LogP contribution in [0.2, 0.25) is 0 Å². The number of fused-ring (bicyclic) bond motifs is 1. The topological polar surface area (TPSA) is 171 Å². The van der Waals surface area contributed by atoms with E-state index in [1.54, 1.807) is 19.9 Å². The first-order valence-corrected chi connectivity index (χ1v) is 12.2. The number of nitrogens with zero attached hydrogens (tertiary/aromatic N) is 1. The fourth-order valence-electron chi connectivity index (χ4n) is 5.06. The van der Waals surface area contributed by atoms with E-state index >= 15 is 0 Å². The van der Waals surface area contributed by atoms with Gasteiger partial charge in [0.05, 0.1) is 25.2 Å². The predicted octanol–water partition coefficient (Wildman–Crippen LogP) is -0.572. The number of amides is 1. The molecule has 37 heavy (non-hydrogen) atoms. The number of nitrogens with one attached hydrogen (secondary N) is 1. The van der Waals surface area contributed by atoms with E-state index < -0.39 is 59.5 Å². The van der Waals surface area contributed by atoms with Gasteiger partial charge < -0.3 is 44.4 Å². The molecule has 0 unspecified atom stereocenters. The van der Waals surface area contributed by atoms with Gasteiger partial charge in [-0.25, -0.2) is 4.79 Å². The monoisotopic (exact) mass is 522 g/mol. The van der Waals surface area contributed by atoms with Crippen molar-refractivity contribution in [1.29, 1.82) is 0 Å². The van der Waals surface area contributed by atoms with Crippen molar-refractivity contribution in [2.24, 2.45) is 0 Å². The molecule has 0 spiro atoms. The number of aromatic hydroxyl groups is 1. The van der Waals surface area contributed by atoms with Crippen molar-refractivity contribution in [3.05, 3.63) is 39.2 Å². The Balaban J connectivity index is 1.62. The first kappa shape index (κ1) is 27.5. The number of morpholine rings is 1. The molecule has 2 aliphatic rings. The van der Waals surface area contributed by atoms with Gasteiger partial charge in [-0.2, -0.15) is 0 Å². The van der Waals surface area contributed by atoms with Gasteiger partial charge in [0.25, 0.3) is 5.91 Å². The van der Waals surface area contributed by atoms with Gasteiger partial charge in [0.15, 0.2) is 5.56 Å². The second-order valence-electron chi connectivity index (χ2n) is 9.63. The Morgan fingerprint density at radius 1 is 1.24 bits per heavy atom. The molecule has 2 aromatic rings. The van der Waals surface area contributed by atoms with E-state index in [1.807, 2.05) is 0 Å². The average Bonchev–Trinajstić information content (AvgIpc) is 2.88. The molecule has 4 rings (SSSR count). The highest BCUT2D eigenvalue weighted by molar-refractivity contribution is 6.02. The Kier molecular flexibility index (Phi) is 8.19. The van der Waals surface area contributed by atoms with Crippen LogP contribution in [0.1, 0.15) is 34.5 Å². The maximum atomic E-state index is 12.8. The minimum absolute atomic E-state index is 0.00900. The summed E-state index contributed by atoms with van der Waals surface area (Å²) in [6.07, 6.45) is -4.88. The summed E-state index contributed by atoms with van der Waals surface area (Å²) >= 11 is 0. The number of carbonyl (C=O) groups is 1. The zero-order chi connectivity index (χ0) is 26.9. The number of hydrogen-bond acceptors (Lipinski definition) is 11. The summed E-state index contributed by atoms with van der Waals surface area (Å²) in [7, 11) is 1.34. The van der Waals surface area contributed by atoms with E-state index in [0.29, 0.717) is 30.9 Å². The fourth-order valence-corrected chi connectivity index (χ4v) is 5.06. The maximum absolute atomic E-state index is 12.8. The average molecular weight is 523 g/mol. The highest BCUT2D eigenvalue weighted by Crippen LogP contribution is 2.42. The smallest absolute Gasteiger partial charge is 0.353 e. The van der Waals surface area contributed by atoms with Crippen LogP contribution in [0.15, 0.2) is 21.3 Å². The van der Waals surface area contributed by atoms with E-state index in [1.165, 1.54) is 13.2 Å². The number of rotatable bonds is 7. The second-order valence-corrected chi connectivity index (χ2v) is 9.63. The number of ether oxygens (including phenoxy) is 3. The zero-order valence-electron chi connectivity index (χ0n) is 21.1. The summed E-state index contributed by atoms with van der Waals surface area (Å²) in [5, 5.41) is 45.0. The lowest BCUT2D eigenvalue weighted by molar-refractivity contribution is -0.279. The molecule has 12 heteroatoms. The molecule has 2 saturated heterocycles. The largest absolute Gasteiger partial charge is 0.506 e. The van der Waals surface area contributed by atoms with Gasteiger partial charge in [0.1, 0.15) is 41.3 Å². The van der Waals surface area contributed by atoms with Crippen molar-refractivity contribution >= 4 is 16.9 Å². The Morgan fingerprint density at radius 3 is 2.59 bits per heavy atom. The summed E-state index contributed by atoms with van der Waals surface area (Å²) in [5.41, 5.74) is -2.10. The predicted molar refractivity (Wildman–Crippen MR) is 131 cm³/mol. The van der Waals surface area contributed by atoms with E-state index in [9.17, 15) is 30.0 Å². The quantitative estimate of drug-likeness (QED) is 0.295. The van der Waals surface area contributed by atoms with E-state index in [4.69, 9.17) is 18.6 Å². The summed E-state index contributed by atoms with van der Waals surface area (Å²) in [4.78, 5) is 27.6. The van der Waals surface area contributed by atoms with Crippen LogP contribution >= 0.6 is 0 Å². The van der Waals surface area contributed by atoms with Crippen LogP contribution < -0.4 is 10.9 Å². The van der Waals surface area contributed by atoms with Crippen LogP contribution in [-0.2, 0) is 14.2 Å². The van der Waals surface area contributed by atoms with Crippen molar-refractivity contribution in [3.8, 4) is 5.75 Å². The van der Waals surface area contributed by atoms with Crippen LogP contribution in [0.4, 0.5) is 0 Å². The summed E-state index contributed by atoms with van der Waals surface area (Å²) < 4.78 is 22.0. The Bertz CT molecular complexity index is 1190. The number of benzene rings is 1. The summed E-state index contributed by atoms with van der Waals surface area (Å²) in [6.45, 7) is 6.26. The van der Waals surface area contributed by atoms with Crippen molar-refractivity contribution in [2.45, 2.75) is 43.9 Å². The molecule has 0 radical (unpaired) electrons. The molecule has 0 aliphatic carbocycles. The number of carbonyl (C=O) groups excluding carboxylic acids is 1. The molecular weight excluding hydrogens is 488 g/mol. The SMILES string of the molecule is CO[C@@H]1[C@H](O)[C@@H](O)[C@H](c2ccc3c(O)c(C(=O)NCCN4CCOCC4)c(=O)oc3c2C)O[C@]1(C)CO. The lowest BCUT2D eigenvalue weighted by Crippen LogP contribution is -2.62. The molecule has 5 N–H and O–H groups in total. The lowest BCUT2D eigenvalue weighted by Gasteiger charge is -2.48. The minimum Gasteiger partial charge on any atom is -0.506 e. The molecule has 5 atom stereocenters. The van der Waals surface area contributed by atoms with Gasteiger partial charge in [-0.15, -0.1) is 0 Å². The molecule has 0 bridgehead atoms. The molecule has 1 aromatic carbocycles. The van der Waals surface area contributed by atoms with Crippen LogP contribution in [-0.4, -0.2) is 108 Å². The van der Waals surface area contributed by atoms with Gasteiger partial charge in [0.2, 0.25) is 0 Å². The number of aliphatic hydroxyl groups excluding tert-OH is 3. The zero-order valence-corrected chi connectivity index (χ0v) is 21.1. The minimum atomic E-state index is -1.42. The molecule has 0 saturated carbocycles. The highest BCUT2D eigenvalue weighted by atomic mass is 16.6. The van der Waals surface area contributed by atoms with Gasteiger partial charge in [-0.1, -0.05) is 6.07 Å². The molecule has 12 nitrogen and oxygen atoms in total. The van der Waals surface area contributed by atoms with Crippen LogP contribution in [0.25, 0.3) is 11.0 Å². The number of methoxy groups -OCH3 is 1. The van der Waals surface area contributed by atoms with Gasteiger partial charge in [0, 0.05) is 33.3 Å². The van der Waals surface area contributed by atoms with E-state index in [-0.39, 0.29) is 17.5 Å². The van der Waals surface area contributed by atoms with Gasteiger partial charge >= 0.3 is 5.63 Å². The maximum Gasteiger partial charge on any atom is 0.353 e. The van der Waals surface area contributed by atoms with Gasteiger partial charge in [-0.3, -0.25) is 9.69 Å². The fraction of sp³-hybridized carbons (Fsp3) is 0.600. The normalized spacial score (nSPS) is 28.9. The van der Waals surface area contributed by atoms with Crippen molar-refractivity contribution in [1.82, 2.24) is 10.2 Å².